The molecule has 4 atom stereocenters. The van der Waals surface area contributed by atoms with Crippen molar-refractivity contribution in [2.75, 3.05) is 0 Å². The molecule has 4 heteroatoms. The van der Waals surface area contributed by atoms with Gasteiger partial charge in [-0.1, -0.05) is 52.0 Å². The van der Waals surface area contributed by atoms with E-state index in [0.717, 1.165) is 0 Å². The topological polar surface area (TPSA) is 0 Å². The van der Waals surface area contributed by atoms with Crippen LogP contribution in [0.2, 0.25) is 0 Å². The zero-order valence-corrected chi connectivity index (χ0v) is 32.3. The van der Waals surface area contributed by atoms with E-state index in [9.17, 15) is 0 Å². The second kappa shape index (κ2) is 25.8. The molecule has 2 heterocycles. The van der Waals surface area contributed by atoms with Gasteiger partial charge >= 0.3 is 17.1 Å². The monoisotopic (exact) mass is 723 g/mol. The summed E-state index contributed by atoms with van der Waals surface area (Å²) in [5, 5.41) is 0. The third kappa shape index (κ3) is 13.6. The maximum absolute atomic E-state index is 2.43. The first-order valence-electron chi connectivity index (χ1n) is 16.8. The smallest absolute Gasteiger partial charge is 0.358 e. The molecule has 2 saturated heterocycles. The van der Waals surface area contributed by atoms with E-state index in [4.69, 9.17) is 0 Å². The van der Waals surface area contributed by atoms with E-state index in [1.165, 1.54) is 85.3 Å². The van der Waals surface area contributed by atoms with Gasteiger partial charge in [-0.05, 0) is 128 Å². The van der Waals surface area contributed by atoms with Crippen molar-refractivity contribution in [3.63, 3.8) is 0 Å². The fraction of sp³-hybridized carbons (Fsp3) is 0.833. The Morgan fingerprint density at radius 1 is 0.450 bits per heavy atom. The van der Waals surface area contributed by atoms with Gasteiger partial charge in [0.05, 0.1) is 34.0 Å². The quantitative estimate of drug-likeness (QED) is 0.111. The van der Waals surface area contributed by atoms with Crippen LogP contribution in [-0.2, 0) is 36.5 Å². The van der Waals surface area contributed by atoms with Gasteiger partial charge in [-0.2, -0.15) is 0 Å². The molecule has 0 aromatic carbocycles. The maximum atomic E-state index is 2.43. The Morgan fingerprint density at radius 3 is 0.875 bits per heavy atom. The first-order chi connectivity index (χ1) is 17.7. The van der Waals surface area contributed by atoms with Crippen LogP contribution >= 0.6 is 15.8 Å². The van der Waals surface area contributed by atoms with Gasteiger partial charge in [0.2, 0.25) is 0 Å². The molecule has 0 nitrogen and oxygen atoms in total. The van der Waals surface area contributed by atoms with Gasteiger partial charge < -0.3 is 14.9 Å². The minimum atomic E-state index is 0. The number of allylic oxidation sites excluding steroid dienone is 4. The molecule has 0 bridgehead atoms. The van der Waals surface area contributed by atoms with E-state index in [1.54, 1.807) is 77.0 Å². The zero-order chi connectivity index (χ0) is 25.6. The molecule has 0 amide bonds. The second-order valence-electron chi connectivity index (χ2n) is 12.6. The Bertz CT molecular complexity index is 536. The molecule has 0 N–H and O–H groups in total. The van der Waals surface area contributed by atoms with Crippen LogP contribution in [0.3, 0.4) is 0 Å². The normalized spacial score (nSPS) is 30.5. The van der Waals surface area contributed by atoms with Crippen LogP contribution in [0.25, 0.3) is 0 Å². The Kier molecular flexibility index (Phi) is 28.1. The summed E-state index contributed by atoms with van der Waals surface area (Å²) in [6, 6.07) is 0. The van der Waals surface area contributed by atoms with Crippen LogP contribution in [0.5, 0.6) is 0 Å². The van der Waals surface area contributed by atoms with Crippen LogP contribution in [0.1, 0.15) is 156 Å². The van der Waals surface area contributed by atoms with Crippen molar-refractivity contribution < 1.29 is 36.5 Å². The summed E-state index contributed by atoms with van der Waals surface area (Å²) in [4.78, 5) is 0. The molecule has 3 aliphatic carbocycles. The van der Waals surface area contributed by atoms with Crippen LogP contribution in [0.4, 0.5) is 0 Å². The molecule has 1 radical (unpaired) electrons. The number of hydrogen-bond acceptors (Lipinski definition) is 0. The van der Waals surface area contributed by atoms with Gasteiger partial charge in [-0.3, -0.25) is 0 Å². The van der Waals surface area contributed by atoms with E-state index >= 15 is 0 Å². The van der Waals surface area contributed by atoms with Crippen molar-refractivity contribution in [2.24, 2.45) is 0 Å². The average Bonchev–Trinajstić information content (AvgIpc) is 3.69. The summed E-state index contributed by atoms with van der Waals surface area (Å²) in [5.74, 6) is 0. The summed E-state index contributed by atoms with van der Waals surface area (Å²) >= 11 is 0. The van der Waals surface area contributed by atoms with E-state index < -0.39 is 0 Å². The van der Waals surface area contributed by atoms with Gasteiger partial charge in [-0.25, -0.2) is 0 Å². The SMILES string of the molecule is C1=C\CC/C=C\CC/1.CC[C@@H]1CC[C@@H](CC)[PH+]1C1CCCC1.CC[C@@H]1CC[C@@H](CC)[PH+]1C1CCCC1.[CH3-].[CH3-].[Fe+2].[Rh]. The van der Waals surface area contributed by atoms with Crippen molar-refractivity contribution in [2.45, 2.75) is 190 Å². The van der Waals surface area contributed by atoms with Crippen molar-refractivity contribution in [3.05, 3.63) is 39.2 Å². The van der Waals surface area contributed by atoms with E-state index in [1.807, 2.05) is 0 Å². The van der Waals surface area contributed by atoms with Gasteiger partial charge in [0.15, 0.2) is 0 Å². The molecular weight excluding hydrogens is 653 g/mol. The largest absolute Gasteiger partial charge is 2.00 e. The zero-order valence-electron chi connectivity index (χ0n) is 27.6. The summed E-state index contributed by atoms with van der Waals surface area (Å²) in [7, 11) is 0.0633. The molecule has 239 valence electrons. The predicted octanol–water partition coefficient (Wildman–Crippen LogP) is 12.6. The van der Waals surface area contributed by atoms with Crippen molar-refractivity contribution >= 4 is 15.8 Å². The fourth-order valence-corrected chi connectivity index (χ4v) is 18.6. The Balaban J connectivity index is 0. The molecule has 4 fully saturated rings. The predicted molar refractivity (Wildman–Crippen MR) is 186 cm³/mol. The average molecular weight is 724 g/mol. The maximum Gasteiger partial charge on any atom is 2.00 e. The van der Waals surface area contributed by atoms with Gasteiger partial charge in [-0.15, -0.1) is 0 Å². The molecule has 5 rings (SSSR count). The molecule has 0 aromatic rings. The number of rotatable bonds is 6. The van der Waals surface area contributed by atoms with E-state index in [-0.39, 0.29) is 67.2 Å². The summed E-state index contributed by atoms with van der Waals surface area (Å²) in [5.41, 5.74) is 7.19. The molecule has 2 saturated carbocycles. The van der Waals surface area contributed by atoms with Crippen LogP contribution in [-0.4, -0.2) is 34.0 Å². The summed E-state index contributed by atoms with van der Waals surface area (Å²) < 4.78 is 0. The Labute approximate surface area is 280 Å². The van der Waals surface area contributed by atoms with Crippen LogP contribution in [0.15, 0.2) is 24.3 Å². The molecule has 5 aliphatic rings. The minimum absolute atomic E-state index is 0. The van der Waals surface area contributed by atoms with Gasteiger partial charge in [0, 0.05) is 35.3 Å². The summed E-state index contributed by atoms with van der Waals surface area (Å²) in [6.07, 6.45) is 38.9. The van der Waals surface area contributed by atoms with Crippen molar-refractivity contribution in [3.8, 4) is 0 Å². The van der Waals surface area contributed by atoms with Gasteiger partial charge in [0.1, 0.15) is 0 Å². The van der Waals surface area contributed by atoms with Crippen LogP contribution < -0.4 is 0 Å². The third-order valence-corrected chi connectivity index (χ3v) is 20.2. The Morgan fingerprint density at radius 2 is 0.675 bits per heavy atom. The number of hydrogen-bond donors (Lipinski definition) is 0. The van der Waals surface area contributed by atoms with Gasteiger partial charge in [0.25, 0.3) is 0 Å². The molecule has 0 unspecified atom stereocenters. The molecule has 0 aromatic heterocycles. The molecule has 40 heavy (non-hydrogen) atoms. The fourth-order valence-electron chi connectivity index (χ4n) is 8.61. The van der Waals surface area contributed by atoms with Crippen LogP contribution in [0, 0.1) is 14.9 Å². The van der Waals surface area contributed by atoms with Crippen molar-refractivity contribution in [1.82, 2.24) is 0 Å². The molecule has 0 spiro atoms. The minimum Gasteiger partial charge on any atom is -0.358 e. The van der Waals surface area contributed by atoms with E-state index in [0.29, 0.717) is 0 Å². The molecular formula is C36H70FeP2Rh+2. The second-order valence-corrected chi connectivity index (χ2v) is 19.5. The Hall–Kier alpha value is 1.48. The first-order valence-corrected chi connectivity index (χ1v) is 20.2. The molecule has 2 aliphatic heterocycles. The van der Waals surface area contributed by atoms with Crippen molar-refractivity contribution in [1.29, 1.82) is 0 Å². The summed E-state index contributed by atoms with van der Waals surface area (Å²) in [6.45, 7) is 9.73. The third-order valence-electron chi connectivity index (χ3n) is 10.6. The first kappa shape index (κ1) is 43.6. The van der Waals surface area contributed by atoms with E-state index in [2.05, 4.69) is 52.0 Å². The standard InChI is InChI=1S/2C13H25P.C8H12.2CH3.Fe.Rh/c2*1-3-11-9-10-12(4-2)14(11)13-7-5-6-8-13;1-2-4-6-8-7-5-3-1;;;;/h2*11-13H,3-10H2,1-2H3;1-2,7-8H,3-6H2;2*1H3;;/q;;;2*-1;+2;/p+2/b;;2-1-,8-7-;;;;/t2*11-,12-;;;;;/m11...../s1.